The quantitative estimate of drug-likeness (QED) is 0.823. The van der Waals surface area contributed by atoms with Gasteiger partial charge in [0.15, 0.2) is 0 Å². The fourth-order valence-electron chi connectivity index (χ4n) is 2.02. The molecule has 14 heavy (non-hydrogen) atoms. The molecular weight excluding hydrogens is 245 g/mol. The molecule has 1 nitrogen and oxygen atoms in total. The third-order valence-corrected chi connectivity index (χ3v) is 3.82. The Hall–Kier alpha value is -0.410. The molecule has 2 rings (SSSR count). The third kappa shape index (κ3) is 1.39. The number of hydrogen-bond acceptors (Lipinski definition) is 1. The molecule has 3 heteroatoms. The van der Waals surface area contributed by atoms with Crippen molar-refractivity contribution in [3.05, 3.63) is 34.1 Å². The molecule has 2 N–H and O–H groups in total. The van der Waals surface area contributed by atoms with Gasteiger partial charge in [-0.15, -0.1) is 0 Å². The smallest absolute Gasteiger partial charge is 0.137 e. The first-order valence-electron chi connectivity index (χ1n) is 4.65. The highest BCUT2D eigenvalue weighted by Crippen LogP contribution is 2.57. The van der Waals surface area contributed by atoms with Crippen molar-refractivity contribution in [1.29, 1.82) is 0 Å². The summed E-state index contributed by atoms with van der Waals surface area (Å²) in [5.41, 5.74) is 7.23. The second-order valence-corrected chi connectivity index (χ2v) is 5.35. The van der Waals surface area contributed by atoms with Crippen molar-refractivity contribution in [2.45, 2.75) is 25.8 Å². The fraction of sp³-hybridized carbons (Fsp3) is 0.455. The van der Waals surface area contributed by atoms with Crippen LogP contribution in [0.15, 0.2) is 22.7 Å². The van der Waals surface area contributed by atoms with E-state index in [1.54, 1.807) is 0 Å². The lowest BCUT2D eigenvalue weighted by molar-refractivity contribution is 0.596. The van der Waals surface area contributed by atoms with E-state index >= 15 is 0 Å². The Kier molecular flexibility index (Phi) is 2.20. The van der Waals surface area contributed by atoms with E-state index in [2.05, 4.69) is 29.8 Å². The number of rotatable bonds is 1. The lowest BCUT2D eigenvalue weighted by atomic mass is 10.0. The molecule has 2 unspecified atom stereocenters. The van der Waals surface area contributed by atoms with Gasteiger partial charge in [0, 0.05) is 12.0 Å². The van der Waals surface area contributed by atoms with Crippen molar-refractivity contribution >= 4 is 15.9 Å². The largest absolute Gasteiger partial charge is 0.327 e. The van der Waals surface area contributed by atoms with Gasteiger partial charge in [-0.2, -0.15) is 0 Å². The lowest BCUT2D eigenvalue weighted by Crippen LogP contribution is -2.06. The molecule has 0 amide bonds. The molecule has 0 aromatic heterocycles. The first kappa shape index (κ1) is 10.1. The van der Waals surface area contributed by atoms with Gasteiger partial charge in [0.05, 0.1) is 4.47 Å². The minimum atomic E-state index is -0.222. The third-order valence-electron chi connectivity index (χ3n) is 3.21. The van der Waals surface area contributed by atoms with Crippen molar-refractivity contribution in [1.82, 2.24) is 0 Å². The van der Waals surface area contributed by atoms with E-state index in [9.17, 15) is 4.39 Å². The SMILES string of the molecule is CC1(C)C(N)C1c1ccc(F)c(Br)c1. The summed E-state index contributed by atoms with van der Waals surface area (Å²) in [6, 6.07) is 5.33. The average Bonchev–Trinajstić information content (AvgIpc) is 2.58. The molecule has 0 bridgehead atoms. The summed E-state index contributed by atoms with van der Waals surface area (Å²) < 4.78 is 13.5. The Morgan fingerprint density at radius 1 is 1.43 bits per heavy atom. The van der Waals surface area contributed by atoms with Crippen LogP contribution in [0.2, 0.25) is 0 Å². The fourth-order valence-corrected chi connectivity index (χ4v) is 2.42. The summed E-state index contributed by atoms with van der Waals surface area (Å²) in [7, 11) is 0. The first-order chi connectivity index (χ1) is 6.44. The second kappa shape index (κ2) is 3.04. The maximum absolute atomic E-state index is 13.0. The molecule has 0 saturated heterocycles. The Morgan fingerprint density at radius 2 is 2.00 bits per heavy atom. The summed E-state index contributed by atoms with van der Waals surface area (Å²) in [4.78, 5) is 0. The molecule has 0 radical (unpaired) electrons. The Bertz CT molecular complexity index is 376. The van der Waals surface area contributed by atoms with Crippen LogP contribution < -0.4 is 5.73 Å². The minimum Gasteiger partial charge on any atom is -0.327 e. The molecule has 76 valence electrons. The van der Waals surface area contributed by atoms with Gasteiger partial charge in [0.2, 0.25) is 0 Å². The Balaban J connectivity index is 2.32. The highest BCUT2D eigenvalue weighted by Gasteiger charge is 2.56. The lowest BCUT2D eigenvalue weighted by Gasteiger charge is -2.03. The summed E-state index contributed by atoms with van der Waals surface area (Å²) in [5.74, 6) is 0.139. The molecule has 2 atom stereocenters. The van der Waals surface area contributed by atoms with E-state index in [1.807, 2.05) is 12.1 Å². The zero-order chi connectivity index (χ0) is 10.5. The van der Waals surface area contributed by atoms with Gasteiger partial charge < -0.3 is 5.73 Å². The van der Waals surface area contributed by atoms with Gasteiger partial charge in [0.1, 0.15) is 5.82 Å². The van der Waals surface area contributed by atoms with Gasteiger partial charge in [-0.25, -0.2) is 4.39 Å². The van der Waals surface area contributed by atoms with Crippen molar-refractivity contribution in [2.75, 3.05) is 0 Å². The van der Waals surface area contributed by atoms with Gasteiger partial charge in [-0.3, -0.25) is 0 Å². The van der Waals surface area contributed by atoms with E-state index < -0.39 is 0 Å². The molecule has 1 aliphatic carbocycles. The van der Waals surface area contributed by atoms with Crippen molar-refractivity contribution in [2.24, 2.45) is 11.1 Å². The molecular formula is C11H13BrFN. The van der Waals surface area contributed by atoms with Crippen LogP contribution in [-0.4, -0.2) is 6.04 Å². The van der Waals surface area contributed by atoms with E-state index in [-0.39, 0.29) is 17.3 Å². The monoisotopic (exact) mass is 257 g/mol. The van der Waals surface area contributed by atoms with Crippen LogP contribution in [0.1, 0.15) is 25.3 Å². The zero-order valence-electron chi connectivity index (χ0n) is 8.22. The summed E-state index contributed by atoms with van der Waals surface area (Å²) >= 11 is 3.18. The molecule has 0 heterocycles. The van der Waals surface area contributed by atoms with Crippen LogP contribution in [0.3, 0.4) is 0 Å². The van der Waals surface area contributed by atoms with Crippen molar-refractivity contribution in [3.63, 3.8) is 0 Å². The van der Waals surface area contributed by atoms with Crippen molar-refractivity contribution < 1.29 is 4.39 Å². The van der Waals surface area contributed by atoms with Crippen LogP contribution in [0.4, 0.5) is 4.39 Å². The minimum absolute atomic E-state index is 0.150. The van der Waals surface area contributed by atoms with Crippen LogP contribution in [0, 0.1) is 11.2 Å². The van der Waals surface area contributed by atoms with Gasteiger partial charge in [-0.05, 0) is 39.0 Å². The van der Waals surface area contributed by atoms with Crippen LogP contribution in [-0.2, 0) is 0 Å². The standard InChI is InChI=1S/C11H13BrFN/c1-11(2)9(10(11)14)6-3-4-8(13)7(12)5-6/h3-5,9-10H,14H2,1-2H3. The maximum Gasteiger partial charge on any atom is 0.137 e. The van der Waals surface area contributed by atoms with E-state index in [0.717, 1.165) is 5.56 Å². The second-order valence-electron chi connectivity index (χ2n) is 4.50. The number of benzene rings is 1. The number of halogens is 2. The molecule has 1 aromatic carbocycles. The number of hydrogen-bond donors (Lipinski definition) is 1. The predicted octanol–water partition coefficient (Wildman–Crippen LogP) is 3.04. The van der Waals surface area contributed by atoms with Crippen molar-refractivity contribution in [3.8, 4) is 0 Å². The van der Waals surface area contributed by atoms with E-state index in [0.29, 0.717) is 10.4 Å². The van der Waals surface area contributed by atoms with Gasteiger partial charge in [0.25, 0.3) is 0 Å². The maximum atomic E-state index is 13.0. The predicted molar refractivity (Wildman–Crippen MR) is 58.6 cm³/mol. The molecule has 1 aliphatic rings. The molecule has 1 saturated carbocycles. The summed E-state index contributed by atoms with van der Waals surface area (Å²) in [6.45, 7) is 4.28. The molecule has 0 spiro atoms. The zero-order valence-corrected chi connectivity index (χ0v) is 9.81. The van der Waals surface area contributed by atoms with E-state index in [1.165, 1.54) is 6.07 Å². The molecule has 0 aliphatic heterocycles. The van der Waals surface area contributed by atoms with Gasteiger partial charge >= 0.3 is 0 Å². The average molecular weight is 258 g/mol. The summed E-state index contributed by atoms with van der Waals surface area (Å²) in [6.07, 6.45) is 0. The first-order valence-corrected chi connectivity index (χ1v) is 5.44. The van der Waals surface area contributed by atoms with Gasteiger partial charge in [-0.1, -0.05) is 19.9 Å². The molecule has 1 fully saturated rings. The Morgan fingerprint density at radius 3 is 2.43 bits per heavy atom. The number of nitrogens with two attached hydrogens (primary N) is 1. The van der Waals surface area contributed by atoms with Crippen LogP contribution >= 0.6 is 15.9 Å². The Labute approximate surface area is 91.6 Å². The molecule has 1 aromatic rings. The summed E-state index contributed by atoms with van der Waals surface area (Å²) in [5, 5.41) is 0. The highest BCUT2D eigenvalue weighted by atomic mass is 79.9. The normalized spacial score (nSPS) is 28.9. The topological polar surface area (TPSA) is 26.0 Å². The van der Waals surface area contributed by atoms with E-state index in [4.69, 9.17) is 5.73 Å². The van der Waals surface area contributed by atoms with Crippen LogP contribution in [0.25, 0.3) is 0 Å². The van der Waals surface area contributed by atoms with Crippen LogP contribution in [0.5, 0.6) is 0 Å². The highest BCUT2D eigenvalue weighted by molar-refractivity contribution is 9.10.